The zero-order chi connectivity index (χ0) is 25.9. The van der Waals surface area contributed by atoms with Crippen LogP contribution in [0.15, 0.2) is 96.1 Å². The van der Waals surface area contributed by atoms with Crippen LogP contribution in [-0.2, 0) is 4.79 Å². The van der Waals surface area contributed by atoms with E-state index >= 15 is 0 Å². The molecule has 0 radical (unpaired) electrons. The topological polar surface area (TPSA) is 86.2 Å². The van der Waals surface area contributed by atoms with Crippen molar-refractivity contribution in [3.05, 3.63) is 102 Å². The van der Waals surface area contributed by atoms with Crippen molar-refractivity contribution in [1.82, 2.24) is 5.43 Å². The molecule has 0 atom stereocenters. The molecular weight excluding hydrogens is 468 g/mol. The largest absolute Gasteiger partial charge is 0.494 e. The second-order valence-electron chi connectivity index (χ2n) is 8.24. The van der Waals surface area contributed by atoms with Gasteiger partial charge in [0, 0.05) is 0 Å². The molecule has 188 valence electrons. The minimum Gasteiger partial charge on any atom is -0.494 e. The van der Waals surface area contributed by atoms with E-state index in [0.29, 0.717) is 23.7 Å². The molecule has 0 spiro atoms. The van der Waals surface area contributed by atoms with Crippen molar-refractivity contribution in [1.29, 1.82) is 0 Å². The fourth-order valence-corrected chi connectivity index (χ4v) is 3.51. The van der Waals surface area contributed by atoms with Crippen molar-refractivity contribution in [2.45, 2.75) is 19.8 Å². The molecule has 4 aromatic carbocycles. The highest BCUT2D eigenvalue weighted by atomic mass is 16.5. The van der Waals surface area contributed by atoms with Gasteiger partial charge in [-0.3, -0.25) is 4.79 Å². The molecule has 0 aromatic heterocycles. The molecule has 0 aliphatic heterocycles. The third-order valence-corrected chi connectivity index (χ3v) is 5.46. The van der Waals surface area contributed by atoms with Crippen LogP contribution in [0.4, 0.5) is 0 Å². The van der Waals surface area contributed by atoms with Crippen molar-refractivity contribution < 1.29 is 23.8 Å². The Labute approximate surface area is 215 Å². The minimum atomic E-state index is -0.427. The Morgan fingerprint density at radius 1 is 0.811 bits per heavy atom. The van der Waals surface area contributed by atoms with Crippen molar-refractivity contribution in [2.75, 3.05) is 13.2 Å². The number of unbranched alkanes of at least 4 members (excludes halogenated alkanes) is 1. The minimum absolute atomic E-state index is 0.170. The molecule has 7 heteroatoms. The van der Waals surface area contributed by atoms with Crippen LogP contribution in [0.1, 0.15) is 35.7 Å². The Bertz CT molecular complexity index is 1360. The molecule has 4 aromatic rings. The number of benzene rings is 4. The highest BCUT2D eigenvalue weighted by molar-refractivity contribution is 6.05. The first kappa shape index (κ1) is 25.4. The Hall–Kier alpha value is -4.65. The number of hydrogen-bond acceptors (Lipinski definition) is 6. The molecule has 0 fully saturated rings. The van der Waals surface area contributed by atoms with E-state index in [2.05, 4.69) is 17.5 Å². The number of hydrogen-bond donors (Lipinski definition) is 1. The molecule has 37 heavy (non-hydrogen) atoms. The summed E-state index contributed by atoms with van der Waals surface area (Å²) in [7, 11) is 0. The van der Waals surface area contributed by atoms with E-state index in [-0.39, 0.29) is 12.5 Å². The third kappa shape index (κ3) is 7.41. The summed E-state index contributed by atoms with van der Waals surface area (Å²) in [5, 5.41) is 5.76. The van der Waals surface area contributed by atoms with Crippen molar-refractivity contribution in [3.63, 3.8) is 0 Å². The number of carbonyl (C=O) groups excluding carboxylic acids is 2. The molecule has 0 bridgehead atoms. The van der Waals surface area contributed by atoms with Crippen LogP contribution >= 0.6 is 0 Å². The molecule has 1 amide bonds. The highest BCUT2D eigenvalue weighted by Gasteiger charge is 2.12. The van der Waals surface area contributed by atoms with Gasteiger partial charge in [-0.05, 0) is 77.4 Å². The number of carbonyl (C=O) groups is 2. The lowest BCUT2D eigenvalue weighted by Gasteiger charge is -2.08. The molecule has 4 rings (SSSR count). The standard InChI is InChI=1S/C30H28N2O5/c1-2-3-19-35-24-15-17-25(18-16-24)36-21-29(33)32-31-20-22-11-13-26(14-12-22)37-30(34)28-10-6-8-23-7-4-5-9-27(23)28/h4-18,20H,2-3,19,21H2,1H3,(H,32,33)/b31-20-. The Kier molecular flexibility index (Phi) is 8.86. The van der Waals surface area contributed by atoms with Gasteiger partial charge < -0.3 is 14.2 Å². The maximum absolute atomic E-state index is 12.7. The molecule has 0 heterocycles. The SMILES string of the molecule is CCCCOc1ccc(OCC(=O)N/N=C\c2ccc(OC(=O)c3cccc4ccccc34)cc2)cc1. The zero-order valence-corrected chi connectivity index (χ0v) is 20.6. The number of rotatable bonds is 11. The smallest absolute Gasteiger partial charge is 0.344 e. The molecule has 0 aliphatic rings. The summed E-state index contributed by atoms with van der Waals surface area (Å²) in [4.78, 5) is 24.7. The monoisotopic (exact) mass is 496 g/mol. The Balaban J connectivity index is 1.23. The lowest BCUT2D eigenvalue weighted by Crippen LogP contribution is -2.24. The van der Waals surface area contributed by atoms with Crippen LogP contribution in [0, 0.1) is 0 Å². The van der Waals surface area contributed by atoms with E-state index in [0.717, 1.165) is 34.9 Å². The average molecular weight is 497 g/mol. The van der Waals surface area contributed by atoms with Gasteiger partial charge in [-0.15, -0.1) is 0 Å². The Morgan fingerprint density at radius 3 is 2.24 bits per heavy atom. The maximum atomic E-state index is 12.7. The highest BCUT2D eigenvalue weighted by Crippen LogP contribution is 2.21. The molecule has 0 aliphatic carbocycles. The second-order valence-corrected chi connectivity index (χ2v) is 8.24. The van der Waals surface area contributed by atoms with E-state index in [1.807, 2.05) is 48.5 Å². The molecule has 0 unspecified atom stereocenters. The van der Waals surface area contributed by atoms with Crippen LogP contribution in [-0.4, -0.2) is 31.3 Å². The van der Waals surface area contributed by atoms with Gasteiger partial charge >= 0.3 is 5.97 Å². The van der Waals surface area contributed by atoms with E-state index in [1.165, 1.54) is 6.21 Å². The third-order valence-electron chi connectivity index (χ3n) is 5.46. The Morgan fingerprint density at radius 2 is 1.49 bits per heavy atom. The zero-order valence-electron chi connectivity index (χ0n) is 20.6. The maximum Gasteiger partial charge on any atom is 0.344 e. The first-order valence-corrected chi connectivity index (χ1v) is 12.1. The molecular formula is C30H28N2O5. The van der Waals surface area contributed by atoms with Gasteiger partial charge in [0.05, 0.1) is 18.4 Å². The normalized spacial score (nSPS) is 10.8. The van der Waals surface area contributed by atoms with Gasteiger partial charge in [-0.1, -0.05) is 49.7 Å². The van der Waals surface area contributed by atoms with Gasteiger partial charge in [0.15, 0.2) is 6.61 Å². The second kappa shape index (κ2) is 12.9. The summed E-state index contributed by atoms with van der Waals surface area (Å²) < 4.78 is 16.6. The quantitative estimate of drug-likeness (QED) is 0.0937. The number of hydrazone groups is 1. The summed E-state index contributed by atoms with van der Waals surface area (Å²) in [6.45, 7) is 2.62. The van der Waals surface area contributed by atoms with E-state index < -0.39 is 5.97 Å². The summed E-state index contributed by atoms with van der Waals surface area (Å²) in [6, 6.07) is 27.1. The fraction of sp³-hybridized carbons (Fsp3) is 0.167. The van der Waals surface area contributed by atoms with Gasteiger partial charge in [-0.25, -0.2) is 10.2 Å². The summed E-state index contributed by atoms with van der Waals surface area (Å²) in [6.07, 6.45) is 3.57. The number of nitrogens with one attached hydrogen (secondary N) is 1. The van der Waals surface area contributed by atoms with E-state index in [9.17, 15) is 9.59 Å². The molecule has 1 N–H and O–H groups in total. The predicted molar refractivity (Wildman–Crippen MR) is 143 cm³/mol. The molecule has 0 saturated heterocycles. The van der Waals surface area contributed by atoms with Crippen LogP contribution < -0.4 is 19.6 Å². The summed E-state index contributed by atoms with van der Waals surface area (Å²) in [5.74, 6) is 0.929. The van der Waals surface area contributed by atoms with Gasteiger partial charge in [0.2, 0.25) is 0 Å². The number of nitrogens with zero attached hydrogens (tertiary/aromatic N) is 1. The van der Waals surface area contributed by atoms with Crippen LogP contribution in [0.25, 0.3) is 10.8 Å². The summed E-state index contributed by atoms with van der Waals surface area (Å²) >= 11 is 0. The fourth-order valence-electron chi connectivity index (χ4n) is 3.51. The van der Waals surface area contributed by atoms with Gasteiger partial charge in [-0.2, -0.15) is 5.10 Å². The first-order valence-electron chi connectivity index (χ1n) is 12.1. The van der Waals surface area contributed by atoms with Gasteiger partial charge in [0.25, 0.3) is 5.91 Å². The number of amides is 1. The molecule has 0 saturated carbocycles. The average Bonchev–Trinajstić information content (AvgIpc) is 2.93. The molecule has 7 nitrogen and oxygen atoms in total. The van der Waals surface area contributed by atoms with Crippen LogP contribution in [0.2, 0.25) is 0 Å². The lowest BCUT2D eigenvalue weighted by atomic mass is 10.0. The lowest BCUT2D eigenvalue weighted by molar-refractivity contribution is -0.123. The first-order chi connectivity index (χ1) is 18.1. The van der Waals surface area contributed by atoms with Crippen molar-refractivity contribution in [2.24, 2.45) is 5.10 Å². The van der Waals surface area contributed by atoms with Crippen LogP contribution in [0.5, 0.6) is 17.2 Å². The number of esters is 1. The number of fused-ring (bicyclic) bond motifs is 1. The van der Waals surface area contributed by atoms with Crippen LogP contribution in [0.3, 0.4) is 0 Å². The van der Waals surface area contributed by atoms with E-state index in [4.69, 9.17) is 14.2 Å². The van der Waals surface area contributed by atoms with Crippen molar-refractivity contribution in [3.8, 4) is 17.2 Å². The number of ether oxygens (including phenoxy) is 3. The van der Waals surface area contributed by atoms with Gasteiger partial charge in [0.1, 0.15) is 17.2 Å². The van der Waals surface area contributed by atoms with E-state index in [1.54, 1.807) is 42.5 Å². The summed E-state index contributed by atoms with van der Waals surface area (Å²) in [5.41, 5.74) is 3.66. The van der Waals surface area contributed by atoms with Crippen molar-refractivity contribution >= 4 is 28.9 Å². The predicted octanol–water partition coefficient (Wildman–Crippen LogP) is 5.77.